The summed E-state index contributed by atoms with van der Waals surface area (Å²) in [6, 6.07) is 0. The van der Waals surface area contributed by atoms with Crippen LogP contribution in [0.3, 0.4) is 0 Å². The fraction of sp³-hybridized carbons (Fsp3) is 0.857. The largest absolute Gasteiger partial charge is 0.501 e. The van der Waals surface area contributed by atoms with Gasteiger partial charge in [-0.15, -0.1) is 0 Å². The molecular weight excluding hydrogens is 287 g/mol. The van der Waals surface area contributed by atoms with Gasteiger partial charge in [0.25, 0.3) is 0 Å². The Bertz CT molecular complexity index is 319. The van der Waals surface area contributed by atoms with Crippen molar-refractivity contribution >= 4 is 5.97 Å². The average Bonchev–Trinajstić information content (AvgIpc) is 2.14. The second kappa shape index (κ2) is 4.50. The summed E-state index contributed by atoms with van der Waals surface area (Å²) in [6.45, 7) is 0.475. The lowest BCUT2D eigenvalue weighted by molar-refractivity contribution is -0.383. The predicted molar refractivity (Wildman–Crippen MR) is 37.3 cm³/mol. The van der Waals surface area contributed by atoms with Gasteiger partial charge in [0.2, 0.25) is 0 Å². The Balaban J connectivity index is 5.11. The van der Waals surface area contributed by atoms with Gasteiger partial charge in [-0.05, 0) is 0 Å². The van der Waals surface area contributed by atoms with Gasteiger partial charge in [0.15, 0.2) is 0 Å². The van der Waals surface area contributed by atoms with Crippen LogP contribution >= 0.6 is 0 Å². The van der Waals surface area contributed by atoms with E-state index in [0.29, 0.717) is 6.92 Å². The molecule has 0 atom stereocenters. The van der Waals surface area contributed by atoms with Crippen LogP contribution in [-0.4, -0.2) is 30.1 Å². The smallest absolute Gasteiger partial charge is 0.389 e. The Labute approximate surface area is 93.7 Å². The van der Waals surface area contributed by atoms with Crippen LogP contribution in [0.5, 0.6) is 0 Å². The van der Waals surface area contributed by atoms with Crippen molar-refractivity contribution in [3.8, 4) is 0 Å². The minimum Gasteiger partial charge on any atom is -0.389 e. The van der Waals surface area contributed by atoms with Gasteiger partial charge in [-0.25, -0.2) is 4.79 Å². The molecule has 0 heterocycles. The molecule has 0 aromatic carbocycles. The molecule has 0 spiro atoms. The second-order valence-electron chi connectivity index (χ2n) is 3.04. The standard InChI is InChI=1S/C7H5F9O2/c1-2-4(8,9)5(10,11)3(17)18-7(15,16)6(12,13)14/h2H2,1H3. The van der Waals surface area contributed by atoms with Crippen molar-refractivity contribution in [2.75, 3.05) is 0 Å². The molecular formula is C7H5F9O2. The monoisotopic (exact) mass is 292 g/mol. The summed E-state index contributed by atoms with van der Waals surface area (Å²) in [5, 5.41) is 0. The van der Waals surface area contributed by atoms with Crippen LogP contribution in [0.1, 0.15) is 13.3 Å². The summed E-state index contributed by atoms with van der Waals surface area (Å²) in [4.78, 5) is 10.3. The summed E-state index contributed by atoms with van der Waals surface area (Å²) in [5.41, 5.74) is 0. The third-order valence-corrected chi connectivity index (χ3v) is 1.71. The minimum atomic E-state index is -6.49. The molecule has 108 valence electrons. The normalized spacial score (nSPS) is 14.6. The number of carbonyl (C=O) groups is 1. The van der Waals surface area contributed by atoms with Crippen LogP contribution in [0.25, 0.3) is 0 Å². The maximum absolute atomic E-state index is 12.6. The van der Waals surface area contributed by atoms with Crippen molar-refractivity contribution in [1.82, 2.24) is 0 Å². The van der Waals surface area contributed by atoms with Crippen molar-refractivity contribution < 1.29 is 49.0 Å². The highest BCUT2D eigenvalue weighted by atomic mass is 19.4. The van der Waals surface area contributed by atoms with Crippen molar-refractivity contribution in [3.63, 3.8) is 0 Å². The molecule has 0 bridgehead atoms. The van der Waals surface area contributed by atoms with Crippen molar-refractivity contribution in [3.05, 3.63) is 0 Å². The maximum Gasteiger partial charge on any atom is 0.501 e. The van der Waals surface area contributed by atoms with E-state index in [2.05, 4.69) is 4.74 Å². The van der Waals surface area contributed by atoms with Crippen molar-refractivity contribution in [2.24, 2.45) is 0 Å². The van der Waals surface area contributed by atoms with E-state index in [9.17, 15) is 44.3 Å². The van der Waals surface area contributed by atoms with Crippen molar-refractivity contribution in [1.29, 1.82) is 0 Å². The zero-order valence-corrected chi connectivity index (χ0v) is 8.43. The van der Waals surface area contributed by atoms with Crippen LogP contribution in [0, 0.1) is 0 Å². The van der Waals surface area contributed by atoms with Gasteiger partial charge >= 0.3 is 30.1 Å². The Morgan fingerprint density at radius 1 is 0.944 bits per heavy atom. The molecule has 0 radical (unpaired) electrons. The SMILES string of the molecule is CCC(F)(F)C(F)(F)C(=O)OC(F)(F)C(F)(F)F. The summed E-state index contributed by atoms with van der Waals surface area (Å²) < 4.78 is 111. The quantitative estimate of drug-likeness (QED) is 0.586. The Kier molecular flexibility index (Phi) is 4.21. The van der Waals surface area contributed by atoms with Crippen LogP contribution in [-0.2, 0) is 9.53 Å². The topological polar surface area (TPSA) is 26.3 Å². The molecule has 0 aromatic rings. The van der Waals surface area contributed by atoms with Crippen molar-refractivity contribution in [2.45, 2.75) is 37.5 Å². The molecule has 11 heteroatoms. The molecule has 0 saturated carbocycles. The van der Waals surface area contributed by atoms with Crippen LogP contribution in [0.4, 0.5) is 39.5 Å². The molecule has 0 saturated heterocycles. The first-order valence-corrected chi connectivity index (χ1v) is 4.12. The number of hydrogen-bond donors (Lipinski definition) is 0. The van der Waals surface area contributed by atoms with E-state index >= 15 is 0 Å². The zero-order chi connectivity index (χ0) is 15.0. The molecule has 0 rings (SSSR count). The van der Waals surface area contributed by atoms with Gasteiger partial charge in [-0.1, -0.05) is 6.92 Å². The van der Waals surface area contributed by atoms with E-state index in [1.807, 2.05) is 0 Å². The number of carbonyl (C=O) groups excluding carboxylic acids is 1. The summed E-state index contributed by atoms with van der Waals surface area (Å²) >= 11 is 0. The Morgan fingerprint density at radius 3 is 1.61 bits per heavy atom. The molecule has 0 amide bonds. The number of halogens is 9. The summed E-state index contributed by atoms with van der Waals surface area (Å²) in [6.07, 6.45) is -14.4. The predicted octanol–water partition coefficient (Wildman–Crippen LogP) is 3.37. The molecule has 0 aliphatic rings. The third-order valence-electron chi connectivity index (χ3n) is 1.71. The lowest BCUT2D eigenvalue weighted by Gasteiger charge is -2.26. The van der Waals surface area contributed by atoms with Crippen LogP contribution in [0.15, 0.2) is 0 Å². The first-order chi connectivity index (χ1) is 7.69. The summed E-state index contributed by atoms with van der Waals surface area (Å²) in [5.74, 6) is -14.6. The number of alkyl halides is 9. The lowest BCUT2D eigenvalue weighted by Crippen LogP contribution is -2.52. The molecule has 0 unspecified atom stereocenters. The van der Waals surface area contributed by atoms with Crippen LogP contribution < -0.4 is 0 Å². The number of ether oxygens (including phenoxy) is 1. The number of hydrogen-bond acceptors (Lipinski definition) is 2. The Hall–Kier alpha value is -1.16. The Morgan fingerprint density at radius 2 is 1.33 bits per heavy atom. The van der Waals surface area contributed by atoms with E-state index in [0.717, 1.165) is 0 Å². The van der Waals surface area contributed by atoms with Gasteiger partial charge in [0, 0.05) is 6.42 Å². The summed E-state index contributed by atoms with van der Waals surface area (Å²) in [7, 11) is 0. The molecule has 0 fully saturated rings. The van der Waals surface area contributed by atoms with E-state index in [1.54, 1.807) is 0 Å². The van der Waals surface area contributed by atoms with Gasteiger partial charge in [0.1, 0.15) is 0 Å². The number of rotatable bonds is 4. The van der Waals surface area contributed by atoms with E-state index in [4.69, 9.17) is 0 Å². The number of esters is 1. The molecule has 0 aliphatic heterocycles. The first-order valence-electron chi connectivity index (χ1n) is 4.12. The highest BCUT2D eigenvalue weighted by molar-refractivity contribution is 5.79. The first kappa shape index (κ1) is 16.8. The molecule has 18 heavy (non-hydrogen) atoms. The minimum absolute atomic E-state index is 0.475. The molecule has 0 aromatic heterocycles. The van der Waals surface area contributed by atoms with Gasteiger partial charge in [0.05, 0.1) is 0 Å². The highest BCUT2D eigenvalue weighted by Gasteiger charge is 2.68. The molecule has 2 nitrogen and oxygen atoms in total. The molecule has 0 N–H and O–H groups in total. The third kappa shape index (κ3) is 2.99. The fourth-order valence-electron chi connectivity index (χ4n) is 0.610. The van der Waals surface area contributed by atoms with Gasteiger partial charge < -0.3 is 4.74 Å². The molecule has 0 aliphatic carbocycles. The van der Waals surface area contributed by atoms with Crippen LogP contribution in [0.2, 0.25) is 0 Å². The zero-order valence-electron chi connectivity index (χ0n) is 8.43. The van der Waals surface area contributed by atoms with Gasteiger partial charge in [-0.3, -0.25) is 0 Å². The maximum atomic E-state index is 12.6. The lowest BCUT2D eigenvalue weighted by atomic mass is 10.1. The van der Waals surface area contributed by atoms with Gasteiger partial charge in [-0.2, -0.15) is 39.5 Å². The van der Waals surface area contributed by atoms with E-state index in [-0.39, 0.29) is 0 Å². The second-order valence-corrected chi connectivity index (χ2v) is 3.04. The van der Waals surface area contributed by atoms with E-state index in [1.165, 1.54) is 0 Å². The highest BCUT2D eigenvalue weighted by Crippen LogP contribution is 2.42. The fourth-order valence-corrected chi connectivity index (χ4v) is 0.610. The van der Waals surface area contributed by atoms with E-state index < -0.39 is 36.5 Å². The average molecular weight is 292 g/mol.